The van der Waals surface area contributed by atoms with Crippen molar-refractivity contribution in [2.24, 2.45) is 5.92 Å². The lowest BCUT2D eigenvalue weighted by Gasteiger charge is -2.09. The number of fused-ring (bicyclic) bond motifs is 1. The van der Waals surface area contributed by atoms with Crippen LogP contribution in [-0.4, -0.2) is 5.78 Å². The van der Waals surface area contributed by atoms with Crippen LogP contribution in [0.1, 0.15) is 35.2 Å². The molecule has 1 saturated carbocycles. The van der Waals surface area contributed by atoms with Crippen molar-refractivity contribution in [3.05, 3.63) is 47.5 Å². The van der Waals surface area contributed by atoms with E-state index in [1.54, 1.807) is 0 Å². The van der Waals surface area contributed by atoms with E-state index in [1.165, 1.54) is 12.8 Å². The Morgan fingerprint density at radius 3 is 2.71 bits per heavy atom. The maximum absolute atomic E-state index is 12.3. The second kappa shape index (κ2) is 3.99. The quantitative estimate of drug-likeness (QED) is 0.716. The van der Waals surface area contributed by atoms with Crippen molar-refractivity contribution >= 4 is 16.6 Å². The largest absolute Gasteiger partial charge is 0.294 e. The van der Waals surface area contributed by atoms with E-state index in [2.05, 4.69) is 24.3 Å². The van der Waals surface area contributed by atoms with Gasteiger partial charge < -0.3 is 0 Å². The van der Waals surface area contributed by atoms with E-state index in [0.29, 0.717) is 11.7 Å². The van der Waals surface area contributed by atoms with Gasteiger partial charge in [0.2, 0.25) is 0 Å². The smallest absolute Gasteiger partial charge is 0.164 e. The number of aryl methyl sites for hydroxylation is 1. The zero-order chi connectivity index (χ0) is 11.8. The van der Waals surface area contributed by atoms with Gasteiger partial charge in [-0.25, -0.2) is 0 Å². The Morgan fingerprint density at radius 1 is 1.18 bits per heavy atom. The van der Waals surface area contributed by atoms with Crippen LogP contribution >= 0.6 is 0 Å². The van der Waals surface area contributed by atoms with Crippen LogP contribution in [0.4, 0.5) is 0 Å². The number of carbonyl (C=O) groups excluding carboxylic acids is 1. The van der Waals surface area contributed by atoms with Gasteiger partial charge in [0, 0.05) is 12.0 Å². The molecular formula is C16H16O. The van der Waals surface area contributed by atoms with E-state index in [4.69, 9.17) is 0 Å². The fourth-order valence-electron chi connectivity index (χ4n) is 2.44. The molecule has 0 unspecified atom stereocenters. The average molecular weight is 224 g/mol. The summed E-state index contributed by atoms with van der Waals surface area (Å²) in [6.45, 7) is 2.03. The molecule has 86 valence electrons. The predicted octanol–water partition coefficient (Wildman–Crippen LogP) is 4.13. The molecule has 0 aliphatic heterocycles. The van der Waals surface area contributed by atoms with Crippen molar-refractivity contribution in [2.45, 2.75) is 26.2 Å². The number of Topliss-reactive ketones (excluding diaryl/α,β-unsaturated/α-hetero) is 1. The molecule has 0 heterocycles. The molecule has 1 aliphatic rings. The van der Waals surface area contributed by atoms with Crippen LogP contribution in [0.2, 0.25) is 0 Å². The van der Waals surface area contributed by atoms with Crippen molar-refractivity contribution in [2.75, 3.05) is 0 Å². The van der Waals surface area contributed by atoms with Crippen molar-refractivity contribution in [1.82, 2.24) is 0 Å². The van der Waals surface area contributed by atoms with Crippen LogP contribution in [0.15, 0.2) is 36.4 Å². The van der Waals surface area contributed by atoms with Crippen molar-refractivity contribution in [3.8, 4) is 0 Å². The van der Waals surface area contributed by atoms with E-state index in [9.17, 15) is 4.79 Å². The number of hydrogen-bond donors (Lipinski definition) is 0. The average Bonchev–Trinajstić information content (AvgIpc) is 3.12. The minimum atomic E-state index is 0.321. The molecule has 0 saturated heterocycles. The zero-order valence-electron chi connectivity index (χ0n) is 10.1. The van der Waals surface area contributed by atoms with Gasteiger partial charge in [0.05, 0.1) is 0 Å². The number of hydrogen-bond acceptors (Lipinski definition) is 1. The summed E-state index contributed by atoms with van der Waals surface area (Å²) in [6, 6.07) is 12.3. The van der Waals surface area contributed by atoms with Gasteiger partial charge in [-0.15, -0.1) is 0 Å². The molecular weight excluding hydrogens is 208 g/mol. The summed E-state index contributed by atoms with van der Waals surface area (Å²) in [5.74, 6) is 0.975. The van der Waals surface area contributed by atoms with Gasteiger partial charge in [-0.3, -0.25) is 4.79 Å². The summed E-state index contributed by atoms with van der Waals surface area (Å²) in [4.78, 5) is 12.3. The Bertz CT molecular complexity index is 579. The Labute approximate surface area is 101 Å². The molecule has 2 aromatic rings. The highest BCUT2D eigenvalue weighted by Gasteiger charge is 2.26. The molecule has 1 fully saturated rings. The Balaban J connectivity index is 2.11. The molecule has 1 aliphatic carbocycles. The first-order chi connectivity index (χ1) is 8.25. The highest BCUT2D eigenvalue weighted by atomic mass is 16.1. The van der Waals surface area contributed by atoms with E-state index >= 15 is 0 Å². The third-order valence-electron chi connectivity index (χ3n) is 3.59. The van der Waals surface area contributed by atoms with Crippen LogP contribution < -0.4 is 0 Å². The van der Waals surface area contributed by atoms with Crippen LogP contribution in [0.3, 0.4) is 0 Å². The van der Waals surface area contributed by atoms with Gasteiger partial charge in [0.1, 0.15) is 0 Å². The Morgan fingerprint density at radius 2 is 1.94 bits per heavy atom. The van der Waals surface area contributed by atoms with E-state index in [0.717, 1.165) is 28.3 Å². The molecule has 2 aromatic carbocycles. The van der Waals surface area contributed by atoms with Crippen LogP contribution in [0.25, 0.3) is 10.8 Å². The highest BCUT2D eigenvalue weighted by Crippen LogP contribution is 2.35. The summed E-state index contributed by atoms with van der Waals surface area (Å²) < 4.78 is 0. The van der Waals surface area contributed by atoms with Crippen molar-refractivity contribution < 1.29 is 4.79 Å². The fourth-order valence-corrected chi connectivity index (χ4v) is 2.44. The van der Waals surface area contributed by atoms with Gasteiger partial charge in [-0.05, 0) is 42.0 Å². The van der Waals surface area contributed by atoms with Crippen molar-refractivity contribution in [1.29, 1.82) is 0 Å². The van der Waals surface area contributed by atoms with E-state index < -0.39 is 0 Å². The Kier molecular flexibility index (Phi) is 2.47. The first-order valence-electron chi connectivity index (χ1n) is 6.27. The zero-order valence-corrected chi connectivity index (χ0v) is 10.1. The highest BCUT2D eigenvalue weighted by molar-refractivity contribution is 6.09. The lowest BCUT2D eigenvalue weighted by Crippen LogP contribution is -2.03. The molecule has 1 heteroatoms. The molecule has 0 amide bonds. The third-order valence-corrected chi connectivity index (χ3v) is 3.59. The topological polar surface area (TPSA) is 17.1 Å². The van der Waals surface area contributed by atoms with Crippen molar-refractivity contribution in [3.63, 3.8) is 0 Å². The van der Waals surface area contributed by atoms with Gasteiger partial charge in [-0.2, -0.15) is 0 Å². The summed E-state index contributed by atoms with van der Waals surface area (Å²) in [5.41, 5.74) is 2.05. The lowest BCUT2D eigenvalue weighted by molar-refractivity contribution is 0.0977. The van der Waals surface area contributed by atoms with Gasteiger partial charge in [0.25, 0.3) is 0 Å². The minimum Gasteiger partial charge on any atom is -0.294 e. The van der Waals surface area contributed by atoms with Crippen LogP contribution in [0, 0.1) is 12.8 Å². The third kappa shape index (κ3) is 1.97. The van der Waals surface area contributed by atoms with E-state index in [-0.39, 0.29) is 0 Å². The predicted molar refractivity (Wildman–Crippen MR) is 70.4 cm³/mol. The summed E-state index contributed by atoms with van der Waals surface area (Å²) >= 11 is 0. The molecule has 0 radical (unpaired) electrons. The molecule has 1 nitrogen and oxygen atoms in total. The molecule has 0 atom stereocenters. The van der Waals surface area contributed by atoms with Gasteiger partial charge in [-0.1, -0.05) is 36.4 Å². The number of carbonyl (C=O) groups is 1. The number of rotatable bonds is 3. The standard InChI is InChI=1S/C16H16O/c1-11-6-9-13-4-2-3-5-14(13)16(11)15(17)10-12-7-8-12/h2-6,9,12H,7-8,10H2,1H3. The minimum absolute atomic E-state index is 0.321. The maximum Gasteiger partial charge on any atom is 0.164 e. The summed E-state index contributed by atoms with van der Waals surface area (Å²) in [6.07, 6.45) is 3.19. The second-order valence-corrected chi connectivity index (χ2v) is 5.05. The summed E-state index contributed by atoms with van der Waals surface area (Å²) in [7, 11) is 0. The first-order valence-corrected chi connectivity index (χ1v) is 6.27. The summed E-state index contributed by atoms with van der Waals surface area (Å²) in [5, 5.41) is 2.27. The number of ketones is 1. The fraction of sp³-hybridized carbons (Fsp3) is 0.312. The van der Waals surface area contributed by atoms with Gasteiger partial charge >= 0.3 is 0 Å². The molecule has 0 spiro atoms. The Hall–Kier alpha value is -1.63. The first kappa shape index (κ1) is 10.5. The molecule has 0 aromatic heterocycles. The molecule has 0 bridgehead atoms. The monoisotopic (exact) mass is 224 g/mol. The SMILES string of the molecule is Cc1ccc2ccccc2c1C(=O)CC1CC1. The molecule has 3 rings (SSSR count). The van der Waals surface area contributed by atoms with Crippen LogP contribution in [0.5, 0.6) is 0 Å². The van der Waals surface area contributed by atoms with Gasteiger partial charge in [0.15, 0.2) is 5.78 Å². The molecule has 17 heavy (non-hydrogen) atoms. The van der Waals surface area contributed by atoms with E-state index in [1.807, 2.05) is 19.1 Å². The van der Waals surface area contributed by atoms with Crippen LogP contribution in [-0.2, 0) is 0 Å². The number of benzene rings is 2. The molecule has 0 N–H and O–H groups in total. The second-order valence-electron chi connectivity index (χ2n) is 5.05. The lowest BCUT2D eigenvalue weighted by atomic mass is 9.94. The maximum atomic E-state index is 12.3. The normalized spacial score (nSPS) is 15.1.